The summed E-state index contributed by atoms with van der Waals surface area (Å²) in [7, 11) is 0. The molecule has 0 radical (unpaired) electrons. The van der Waals surface area contributed by atoms with Gasteiger partial charge < -0.3 is 10.1 Å². The average molecular weight is 237 g/mol. The zero-order valence-electron chi connectivity index (χ0n) is 7.09. The van der Waals surface area contributed by atoms with Crippen molar-refractivity contribution in [2.45, 2.75) is 6.18 Å². The van der Waals surface area contributed by atoms with Crippen LogP contribution in [0.15, 0.2) is 12.4 Å². The molecule has 0 atom stereocenters. The first-order valence-electron chi connectivity index (χ1n) is 3.76. The summed E-state index contributed by atoms with van der Waals surface area (Å²) in [6.45, 7) is 0. The maximum Gasteiger partial charge on any atom is 0.434 e. The van der Waals surface area contributed by atoms with Crippen molar-refractivity contribution >= 4 is 23.1 Å². The highest BCUT2D eigenvalue weighted by Gasteiger charge is 2.34. The van der Waals surface area contributed by atoms with E-state index >= 15 is 0 Å². The Labute approximate surface area is 86.5 Å². The van der Waals surface area contributed by atoms with Crippen molar-refractivity contribution in [2.24, 2.45) is 0 Å². The fraction of sp³-hybridized carbons (Fsp3) is 0.143. The lowest BCUT2D eigenvalue weighted by molar-refractivity contribution is -0.140. The highest BCUT2D eigenvalue weighted by molar-refractivity contribution is 6.29. The van der Waals surface area contributed by atoms with Crippen LogP contribution in [-0.2, 0) is 6.18 Å². The van der Waals surface area contributed by atoms with Crippen LogP contribution in [-0.4, -0.2) is 14.4 Å². The van der Waals surface area contributed by atoms with Crippen molar-refractivity contribution in [3.8, 4) is 0 Å². The van der Waals surface area contributed by atoms with Crippen LogP contribution < -0.4 is 5.73 Å². The number of halogens is 4. The van der Waals surface area contributed by atoms with E-state index in [0.29, 0.717) is 0 Å². The van der Waals surface area contributed by atoms with Gasteiger partial charge in [-0.25, -0.2) is 9.97 Å². The standard InChI is InChI=1S/C7H4ClF3N4/c8-4-2-15-1-3(7(9,10)11)13-6(15)5(12)14-4/h1-2H,(H2,12,14). The Balaban J connectivity index is 2.71. The lowest BCUT2D eigenvalue weighted by atomic mass is 10.5. The largest absolute Gasteiger partial charge is 0.434 e. The normalized spacial score (nSPS) is 12.3. The summed E-state index contributed by atoms with van der Waals surface area (Å²) >= 11 is 5.53. The molecule has 0 saturated heterocycles. The number of aromatic nitrogens is 3. The number of nitrogens with zero attached hydrogens (tertiary/aromatic N) is 3. The van der Waals surface area contributed by atoms with Gasteiger partial charge >= 0.3 is 6.18 Å². The molecule has 0 aliphatic carbocycles. The molecule has 4 nitrogen and oxygen atoms in total. The third kappa shape index (κ3) is 1.70. The maximum atomic E-state index is 12.3. The lowest BCUT2D eigenvalue weighted by Gasteiger charge is -1.98. The smallest absolute Gasteiger partial charge is 0.381 e. The first kappa shape index (κ1) is 10.0. The number of hydrogen-bond acceptors (Lipinski definition) is 3. The number of fused-ring (bicyclic) bond motifs is 1. The van der Waals surface area contributed by atoms with Gasteiger partial charge in [0.05, 0.1) is 0 Å². The van der Waals surface area contributed by atoms with E-state index in [9.17, 15) is 13.2 Å². The summed E-state index contributed by atoms with van der Waals surface area (Å²) in [4.78, 5) is 6.91. The molecule has 8 heteroatoms. The van der Waals surface area contributed by atoms with Gasteiger partial charge in [-0.2, -0.15) is 13.2 Å². The third-order valence-electron chi connectivity index (χ3n) is 1.72. The third-order valence-corrected chi connectivity index (χ3v) is 1.91. The van der Waals surface area contributed by atoms with Crippen LogP contribution in [0.5, 0.6) is 0 Å². The monoisotopic (exact) mass is 236 g/mol. The minimum atomic E-state index is -4.51. The molecule has 0 aromatic carbocycles. The molecule has 2 N–H and O–H groups in total. The molecule has 0 unspecified atom stereocenters. The van der Waals surface area contributed by atoms with E-state index in [1.165, 1.54) is 6.20 Å². The summed E-state index contributed by atoms with van der Waals surface area (Å²) < 4.78 is 38.0. The van der Waals surface area contributed by atoms with Crippen molar-refractivity contribution in [1.29, 1.82) is 0 Å². The highest BCUT2D eigenvalue weighted by Crippen LogP contribution is 2.29. The van der Waals surface area contributed by atoms with Gasteiger partial charge in [-0.15, -0.1) is 0 Å². The minimum Gasteiger partial charge on any atom is -0.381 e. The highest BCUT2D eigenvalue weighted by atomic mass is 35.5. The number of rotatable bonds is 0. The number of nitrogen functional groups attached to an aromatic ring is 1. The molecule has 2 rings (SSSR count). The van der Waals surface area contributed by atoms with Crippen LogP contribution in [0.4, 0.5) is 19.0 Å². The van der Waals surface area contributed by atoms with Gasteiger partial charge in [-0.3, -0.25) is 0 Å². The Morgan fingerprint density at radius 1 is 1.27 bits per heavy atom. The zero-order valence-corrected chi connectivity index (χ0v) is 7.84. The Bertz CT molecular complexity index is 519. The van der Waals surface area contributed by atoms with Crippen LogP contribution in [0, 0.1) is 0 Å². The molecule has 0 spiro atoms. The van der Waals surface area contributed by atoms with Crippen LogP contribution >= 0.6 is 11.6 Å². The molecular formula is C7H4ClF3N4. The van der Waals surface area contributed by atoms with Crippen LogP contribution in [0.25, 0.3) is 5.65 Å². The average Bonchev–Trinajstić information content (AvgIpc) is 2.46. The van der Waals surface area contributed by atoms with Crippen LogP contribution in [0.3, 0.4) is 0 Å². The number of hydrogen-bond donors (Lipinski definition) is 1. The molecule has 15 heavy (non-hydrogen) atoms. The van der Waals surface area contributed by atoms with Crippen molar-refractivity contribution in [3.63, 3.8) is 0 Å². The van der Waals surface area contributed by atoms with Gasteiger partial charge in [0.2, 0.25) is 0 Å². The Kier molecular flexibility index (Phi) is 2.00. The first-order valence-corrected chi connectivity index (χ1v) is 4.13. The van der Waals surface area contributed by atoms with Crippen molar-refractivity contribution < 1.29 is 13.2 Å². The van der Waals surface area contributed by atoms with E-state index in [1.54, 1.807) is 0 Å². The molecule has 0 bridgehead atoms. The van der Waals surface area contributed by atoms with E-state index in [-0.39, 0.29) is 16.6 Å². The minimum absolute atomic E-state index is 0.00567. The van der Waals surface area contributed by atoms with Gasteiger partial charge in [-0.1, -0.05) is 11.6 Å². The second kappa shape index (κ2) is 2.99. The molecule has 80 valence electrons. The van der Waals surface area contributed by atoms with Gasteiger partial charge in [0.1, 0.15) is 5.15 Å². The summed E-state index contributed by atoms with van der Waals surface area (Å²) in [5, 5.41) is 0.00567. The second-order valence-corrected chi connectivity index (χ2v) is 3.19. The fourth-order valence-corrected chi connectivity index (χ4v) is 1.32. The summed E-state index contributed by atoms with van der Waals surface area (Å²) in [6, 6.07) is 0. The van der Waals surface area contributed by atoms with Gasteiger partial charge in [0, 0.05) is 12.4 Å². The Hall–Kier alpha value is -1.50. The lowest BCUT2D eigenvalue weighted by Crippen LogP contribution is -2.04. The SMILES string of the molecule is Nc1nc(Cl)cn2cc(C(F)(F)F)nc12. The van der Waals surface area contributed by atoms with Crippen molar-refractivity contribution in [3.05, 3.63) is 23.2 Å². The molecule has 0 amide bonds. The topological polar surface area (TPSA) is 56.2 Å². The number of alkyl halides is 3. The number of anilines is 1. The summed E-state index contributed by atoms with van der Waals surface area (Å²) in [6.07, 6.45) is -2.50. The molecular weight excluding hydrogens is 233 g/mol. The van der Waals surface area contributed by atoms with Crippen LogP contribution in [0.2, 0.25) is 5.15 Å². The van der Waals surface area contributed by atoms with Crippen molar-refractivity contribution in [1.82, 2.24) is 14.4 Å². The van der Waals surface area contributed by atoms with Gasteiger partial charge in [-0.05, 0) is 0 Å². The predicted molar refractivity (Wildman–Crippen MR) is 47.4 cm³/mol. The molecule has 0 aliphatic heterocycles. The zero-order chi connectivity index (χ0) is 11.2. The van der Waals surface area contributed by atoms with E-state index in [4.69, 9.17) is 17.3 Å². The maximum absolute atomic E-state index is 12.3. The summed E-state index contributed by atoms with van der Waals surface area (Å²) in [5.41, 5.74) is 4.27. The second-order valence-electron chi connectivity index (χ2n) is 2.80. The molecule has 2 aromatic heterocycles. The van der Waals surface area contributed by atoms with E-state index < -0.39 is 11.9 Å². The Morgan fingerprint density at radius 3 is 2.53 bits per heavy atom. The first-order chi connectivity index (χ1) is 6.88. The quantitative estimate of drug-likeness (QED) is 0.761. The van der Waals surface area contributed by atoms with Crippen LogP contribution in [0.1, 0.15) is 5.69 Å². The number of nitrogens with two attached hydrogens (primary N) is 1. The fourth-order valence-electron chi connectivity index (χ4n) is 1.13. The molecule has 0 aliphatic rings. The Morgan fingerprint density at radius 2 is 1.93 bits per heavy atom. The predicted octanol–water partition coefficient (Wildman–Crippen LogP) is 1.98. The molecule has 0 fully saturated rings. The van der Waals surface area contributed by atoms with E-state index in [0.717, 1.165) is 10.6 Å². The van der Waals surface area contributed by atoms with E-state index in [2.05, 4.69) is 9.97 Å². The number of imidazole rings is 1. The summed E-state index contributed by atoms with van der Waals surface area (Å²) in [5.74, 6) is -0.141. The molecule has 2 heterocycles. The van der Waals surface area contributed by atoms with E-state index in [1.807, 2.05) is 0 Å². The van der Waals surface area contributed by atoms with Gasteiger partial charge in [0.15, 0.2) is 17.2 Å². The van der Waals surface area contributed by atoms with Gasteiger partial charge in [0.25, 0.3) is 0 Å². The van der Waals surface area contributed by atoms with Crippen molar-refractivity contribution in [2.75, 3.05) is 5.73 Å². The molecule has 2 aromatic rings. The molecule has 0 saturated carbocycles.